The van der Waals surface area contributed by atoms with Gasteiger partial charge in [0.05, 0.1) is 6.04 Å². The van der Waals surface area contributed by atoms with Gasteiger partial charge in [0.1, 0.15) is 0 Å². The van der Waals surface area contributed by atoms with Crippen molar-refractivity contribution in [3.63, 3.8) is 0 Å². The standard InChI is InChI=1S/C16H14ClNO/c1-10-2-4-11(5-3-10)15-9-16(19)13-8-12(17)6-7-14(13)18-15/h2-8,15,18H,9H2,1H3. The number of halogens is 1. The van der Waals surface area contributed by atoms with Crippen molar-refractivity contribution in [1.82, 2.24) is 0 Å². The summed E-state index contributed by atoms with van der Waals surface area (Å²) in [5, 5.41) is 4.01. The second-order valence-electron chi connectivity index (χ2n) is 4.92. The molecular formula is C16H14ClNO. The van der Waals surface area contributed by atoms with Crippen molar-refractivity contribution in [2.45, 2.75) is 19.4 Å². The maximum Gasteiger partial charge on any atom is 0.167 e. The Morgan fingerprint density at radius 2 is 1.89 bits per heavy atom. The van der Waals surface area contributed by atoms with Gasteiger partial charge in [-0.3, -0.25) is 4.79 Å². The predicted octanol–water partition coefficient (Wildman–Crippen LogP) is 4.39. The normalized spacial score (nSPS) is 17.8. The van der Waals surface area contributed by atoms with Gasteiger partial charge in [0.2, 0.25) is 0 Å². The summed E-state index contributed by atoms with van der Waals surface area (Å²) in [6, 6.07) is 13.7. The van der Waals surface area contributed by atoms with Gasteiger partial charge in [0, 0.05) is 22.7 Å². The summed E-state index contributed by atoms with van der Waals surface area (Å²) in [7, 11) is 0. The van der Waals surface area contributed by atoms with Crippen molar-refractivity contribution >= 4 is 23.1 Å². The van der Waals surface area contributed by atoms with Crippen LogP contribution in [-0.2, 0) is 0 Å². The molecule has 0 fully saturated rings. The number of rotatable bonds is 1. The number of benzene rings is 2. The molecule has 1 unspecified atom stereocenters. The van der Waals surface area contributed by atoms with E-state index in [4.69, 9.17) is 11.6 Å². The summed E-state index contributed by atoms with van der Waals surface area (Å²) in [4.78, 5) is 12.2. The van der Waals surface area contributed by atoms with Gasteiger partial charge >= 0.3 is 0 Å². The minimum absolute atomic E-state index is 0.0433. The Hall–Kier alpha value is -1.80. The van der Waals surface area contributed by atoms with Crippen LogP contribution >= 0.6 is 11.6 Å². The molecule has 19 heavy (non-hydrogen) atoms. The van der Waals surface area contributed by atoms with Gasteiger partial charge in [-0.2, -0.15) is 0 Å². The highest BCUT2D eigenvalue weighted by Gasteiger charge is 2.25. The van der Waals surface area contributed by atoms with Gasteiger partial charge in [0.25, 0.3) is 0 Å². The molecule has 1 aliphatic rings. The number of aryl methyl sites for hydroxylation is 1. The first-order valence-corrected chi connectivity index (χ1v) is 6.67. The highest BCUT2D eigenvalue weighted by Crippen LogP contribution is 2.33. The van der Waals surface area contributed by atoms with Crippen LogP contribution in [0.25, 0.3) is 0 Å². The molecule has 0 saturated carbocycles. The van der Waals surface area contributed by atoms with Crippen LogP contribution in [-0.4, -0.2) is 5.78 Å². The molecule has 2 aromatic rings. The van der Waals surface area contributed by atoms with E-state index in [1.54, 1.807) is 12.1 Å². The van der Waals surface area contributed by atoms with Gasteiger partial charge in [-0.1, -0.05) is 41.4 Å². The number of ketones is 1. The zero-order valence-electron chi connectivity index (χ0n) is 10.6. The number of Topliss-reactive ketones (excluding diaryl/α,β-unsaturated/α-hetero) is 1. The Bertz CT molecular complexity index is 634. The SMILES string of the molecule is Cc1ccc(C2CC(=O)c3cc(Cl)ccc3N2)cc1. The molecule has 0 radical (unpaired) electrons. The first-order valence-electron chi connectivity index (χ1n) is 6.29. The summed E-state index contributed by atoms with van der Waals surface area (Å²) < 4.78 is 0. The molecule has 2 nitrogen and oxygen atoms in total. The molecule has 0 bridgehead atoms. The van der Waals surface area contributed by atoms with Crippen LogP contribution in [0.3, 0.4) is 0 Å². The van der Waals surface area contributed by atoms with Crippen molar-refractivity contribution in [3.05, 3.63) is 64.2 Å². The van der Waals surface area contributed by atoms with Gasteiger partial charge in [-0.25, -0.2) is 0 Å². The summed E-state index contributed by atoms with van der Waals surface area (Å²) >= 11 is 5.93. The Balaban J connectivity index is 1.95. The van der Waals surface area contributed by atoms with E-state index in [1.807, 2.05) is 6.07 Å². The predicted molar refractivity (Wildman–Crippen MR) is 77.9 cm³/mol. The minimum atomic E-state index is 0.0433. The van der Waals surface area contributed by atoms with E-state index < -0.39 is 0 Å². The number of carbonyl (C=O) groups is 1. The third-order valence-corrected chi connectivity index (χ3v) is 3.72. The van der Waals surface area contributed by atoms with Gasteiger partial charge < -0.3 is 5.32 Å². The smallest absolute Gasteiger partial charge is 0.167 e. The van der Waals surface area contributed by atoms with Gasteiger partial charge in [0.15, 0.2) is 5.78 Å². The molecule has 2 aromatic carbocycles. The fourth-order valence-corrected chi connectivity index (χ4v) is 2.58. The van der Waals surface area contributed by atoms with Crippen molar-refractivity contribution in [2.75, 3.05) is 5.32 Å². The van der Waals surface area contributed by atoms with Crippen LogP contribution in [0, 0.1) is 6.92 Å². The first-order chi connectivity index (χ1) is 9.13. The van der Waals surface area contributed by atoms with E-state index in [1.165, 1.54) is 5.56 Å². The van der Waals surface area contributed by atoms with Crippen LogP contribution in [0.5, 0.6) is 0 Å². The molecule has 0 amide bonds. The Morgan fingerprint density at radius 3 is 2.63 bits per heavy atom. The van der Waals surface area contributed by atoms with E-state index in [2.05, 4.69) is 36.5 Å². The lowest BCUT2D eigenvalue weighted by molar-refractivity contribution is 0.0972. The van der Waals surface area contributed by atoms with Crippen LogP contribution in [0.15, 0.2) is 42.5 Å². The number of hydrogen-bond donors (Lipinski definition) is 1. The monoisotopic (exact) mass is 271 g/mol. The molecular weight excluding hydrogens is 258 g/mol. The lowest BCUT2D eigenvalue weighted by Gasteiger charge is -2.26. The van der Waals surface area contributed by atoms with Gasteiger partial charge in [-0.05, 0) is 30.7 Å². The van der Waals surface area contributed by atoms with Crippen molar-refractivity contribution < 1.29 is 4.79 Å². The topological polar surface area (TPSA) is 29.1 Å². The average Bonchev–Trinajstić information content (AvgIpc) is 2.40. The number of carbonyl (C=O) groups excluding carboxylic acids is 1. The lowest BCUT2D eigenvalue weighted by atomic mass is 9.92. The van der Waals surface area contributed by atoms with E-state index >= 15 is 0 Å². The fraction of sp³-hybridized carbons (Fsp3) is 0.188. The minimum Gasteiger partial charge on any atom is -0.377 e. The molecule has 96 valence electrons. The van der Waals surface area contributed by atoms with Crippen LogP contribution < -0.4 is 5.32 Å². The Morgan fingerprint density at radius 1 is 1.16 bits per heavy atom. The third kappa shape index (κ3) is 2.36. The third-order valence-electron chi connectivity index (χ3n) is 3.48. The molecule has 1 heterocycles. The molecule has 0 spiro atoms. The molecule has 3 rings (SSSR count). The maximum atomic E-state index is 12.2. The zero-order chi connectivity index (χ0) is 13.4. The van der Waals surface area contributed by atoms with E-state index in [0.717, 1.165) is 11.3 Å². The largest absolute Gasteiger partial charge is 0.377 e. The second kappa shape index (κ2) is 4.71. The van der Waals surface area contributed by atoms with Crippen molar-refractivity contribution in [3.8, 4) is 0 Å². The number of anilines is 1. The van der Waals surface area contributed by atoms with Crippen LogP contribution in [0.4, 0.5) is 5.69 Å². The fourth-order valence-electron chi connectivity index (χ4n) is 2.41. The van der Waals surface area contributed by atoms with E-state index in [-0.39, 0.29) is 11.8 Å². The molecule has 1 aliphatic heterocycles. The molecule has 0 aliphatic carbocycles. The zero-order valence-corrected chi connectivity index (χ0v) is 11.4. The Kier molecular flexibility index (Phi) is 3.03. The Labute approximate surface area is 117 Å². The number of hydrogen-bond acceptors (Lipinski definition) is 2. The molecule has 1 atom stereocenters. The maximum absolute atomic E-state index is 12.2. The van der Waals surface area contributed by atoms with Gasteiger partial charge in [-0.15, -0.1) is 0 Å². The van der Waals surface area contributed by atoms with E-state index in [9.17, 15) is 4.79 Å². The first kappa shape index (κ1) is 12.2. The van der Waals surface area contributed by atoms with Crippen LogP contribution in [0.2, 0.25) is 5.02 Å². The summed E-state index contributed by atoms with van der Waals surface area (Å²) in [6.45, 7) is 2.06. The highest BCUT2D eigenvalue weighted by molar-refractivity contribution is 6.31. The van der Waals surface area contributed by atoms with Crippen LogP contribution in [0.1, 0.15) is 33.9 Å². The van der Waals surface area contributed by atoms with E-state index in [0.29, 0.717) is 17.0 Å². The summed E-state index contributed by atoms with van der Waals surface area (Å²) in [5.41, 5.74) is 3.92. The molecule has 1 N–H and O–H groups in total. The lowest BCUT2D eigenvalue weighted by Crippen LogP contribution is -2.22. The average molecular weight is 272 g/mol. The summed E-state index contributed by atoms with van der Waals surface area (Å²) in [5.74, 6) is 0.141. The highest BCUT2D eigenvalue weighted by atomic mass is 35.5. The number of fused-ring (bicyclic) bond motifs is 1. The molecule has 3 heteroatoms. The summed E-state index contributed by atoms with van der Waals surface area (Å²) in [6.07, 6.45) is 0.469. The quantitative estimate of drug-likeness (QED) is 0.833. The number of nitrogens with one attached hydrogen (secondary N) is 1. The molecule has 0 aromatic heterocycles. The second-order valence-corrected chi connectivity index (χ2v) is 5.36. The van der Waals surface area contributed by atoms with Crippen molar-refractivity contribution in [2.24, 2.45) is 0 Å². The molecule has 0 saturated heterocycles. The van der Waals surface area contributed by atoms with Crippen molar-refractivity contribution in [1.29, 1.82) is 0 Å².